The minimum absolute atomic E-state index is 0.0594. The molecule has 1 aromatic carbocycles. The predicted octanol–water partition coefficient (Wildman–Crippen LogP) is 2.60. The standard InChI is InChI=1S/C20H29N3O2/c1-22-15-7-8-16(22)13-23(12-9-15)19(24)21-14-20(10-11-20)17-5-3-4-6-18(17)25-2/h3-6,15-16H,7-14H2,1-2H3,(H,21,24)/t15-,16+/m1/s1. The number of fused-ring (bicyclic) bond motifs is 2. The molecule has 5 heteroatoms. The van der Waals surface area contributed by atoms with Crippen LogP contribution in [0, 0.1) is 0 Å². The van der Waals surface area contributed by atoms with E-state index in [1.54, 1.807) is 7.11 Å². The van der Waals surface area contributed by atoms with Gasteiger partial charge in [0.05, 0.1) is 7.11 Å². The van der Waals surface area contributed by atoms with Crippen LogP contribution in [0.15, 0.2) is 24.3 Å². The molecule has 1 saturated carbocycles. The van der Waals surface area contributed by atoms with Gasteiger partial charge in [0.25, 0.3) is 0 Å². The average Bonchev–Trinajstić information content (AvgIpc) is 3.35. The maximum absolute atomic E-state index is 12.8. The first-order valence-corrected chi connectivity index (χ1v) is 9.51. The summed E-state index contributed by atoms with van der Waals surface area (Å²) in [5, 5.41) is 3.22. The number of hydrogen-bond acceptors (Lipinski definition) is 3. The van der Waals surface area contributed by atoms with Crippen LogP contribution in [0.5, 0.6) is 5.75 Å². The van der Waals surface area contributed by atoms with Crippen molar-refractivity contribution in [2.24, 2.45) is 0 Å². The van der Waals surface area contributed by atoms with Crippen molar-refractivity contribution < 1.29 is 9.53 Å². The molecule has 2 heterocycles. The van der Waals surface area contributed by atoms with Crippen LogP contribution in [0.4, 0.5) is 4.79 Å². The van der Waals surface area contributed by atoms with E-state index in [1.807, 2.05) is 17.0 Å². The number of amides is 2. The van der Waals surface area contributed by atoms with Gasteiger partial charge in [-0.2, -0.15) is 0 Å². The highest BCUT2D eigenvalue weighted by Crippen LogP contribution is 2.50. The molecule has 2 aliphatic heterocycles. The van der Waals surface area contributed by atoms with E-state index in [9.17, 15) is 4.79 Å². The number of carbonyl (C=O) groups is 1. The summed E-state index contributed by atoms with van der Waals surface area (Å²) in [4.78, 5) is 17.3. The third-order valence-corrected chi connectivity index (χ3v) is 6.55. The first-order chi connectivity index (χ1) is 12.1. The third kappa shape index (κ3) is 3.10. The molecular weight excluding hydrogens is 314 g/mol. The number of ether oxygens (including phenoxy) is 1. The van der Waals surface area contributed by atoms with Crippen LogP contribution < -0.4 is 10.1 Å². The van der Waals surface area contributed by atoms with E-state index in [4.69, 9.17) is 4.74 Å². The van der Waals surface area contributed by atoms with E-state index in [0.717, 1.165) is 38.1 Å². The van der Waals surface area contributed by atoms with Crippen molar-refractivity contribution in [2.45, 2.75) is 49.6 Å². The van der Waals surface area contributed by atoms with Crippen molar-refractivity contribution in [3.8, 4) is 5.75 Å². The number of likely N-dealkylation sites (tertiary alicyclic amines) is 1. The molecule has 2 atom stereocenters. The number of nitrogens with zero attached hydrogens (tertiary/aromatic N) is 2. The zero-order valence-corrected chi connectivity index (χ0v) is 15.3. The Labute approximate surface area is 150 Å². The molecular formula is C20H29N3O2. The Bertz CT molecular complexity index is 644. The number of urea groups is 1. The maximum atomic E-state index is 12.8. The van der Waals surface area contributed by atoms with Crippen LogP contribution in [-0.2, 0) is 5.41 Å². The van der Waals surface area contributed by atoms with Gasteiger partial charge in [-0.05, 0) is 45.2 Å². The first-order valence-electron chi connectivity index (χ1n) is 9.51. The van der Waals surface area contributed by atoms with Gasteiger partial charge in [0.15, 0.2) is 0 Å². The highest BCUT2D eigenvalue weighted by Gasteiger charge is 2.46. The lowest BCUT2D eigenvalue weighted by atomic mass is 9.95. The molecule has 136 valence electrons. The monoisotopic (exact) mass is 343 g/mol. The summed E-state index contributed by atoms with van der Waals surface area (Å²) >= 11 is 0. The second-order valence-electron chi connectivity index (χ2n) is 7.92. The Hall–Kier alpha value is -1.75. The van der Waals surface area contributed by atoms with Crippen molar-refractivity contribution in [1.82, 2.24) is 15.1 Å². The Morgan fingerprint density at radius 2 is 2.00 bits per heavy atom. The molecule has 2 bridgehead atoms. The van der Waals surface area contributed by atoms with E-state index in [-0.39, 0.29) is 11.4 Å². The number of para-hydroxylation sites is 1. The fourth-order valence-electron chi connectivity index (χ4n) is 4.62. The fourth-order valence-corrected chi connectivity index (χ4v) is 4.62. The van der Waals surface area contributed by atoms with Crippen LogP contribution in [0.25, 0.3) is 0 Å². The highest BCUT2D eigenvalue weighted by molar-refractivity contribution is 5.74. The lowest BCUT2D eigenvalue weighted by Gasteiger charge is -2.27. The smallest absolute Gasteiger partial charge is 0.317 e. The molecule has 0 spiro atoms. The van der Waals surface area contributed by atoms with Crippen LogP contribution in [-0.4, -0.2) is 61.7 Å². The number of rotatable bonds is 4. The summed E-state index contributed by atoms with van der Waals surface area (Å²) in [6, 6.07) is 9.49. The van der Waals surface area contributed by atoms with Gasteiger partial charge in [0, 0.05) is 42.7 Å². The summed E-state index contributed by atoms with van der Waals surface area (Å²) in [6.45, 7) is 2.44. The molecule has 2 amide bonds. The fraction of sp³-hybridized carbons (Fsp3) is 0.650. The average molecular weight is 343 g/mol. The van der Waals surface area contributed by atoms with Gasteiger partial charge in [0.2, 0.25) is 0 Å². The minimum Gasteiger partial charge on any atom is -0.496 e. The molecule has 1 aliphatic carbocycles. The van der Waals surface area contributed by atoms with E-state index >= 15 is 0 Å². The normalized spacial score (nSPS) is 27.7. The summed E-state index contributed by atoms with van der Waals surface area (Å²) in [6.07, 6.45) is 5.82. The Morgan fingerprint density at radius 3 is 2.76 bits per heavy atom. The molecule has 4 rings (SSSR count). The summed E-state index contributed by atoms with van der Waals surface area (Å²) in [5.74, 6) is 0.933. The number of carbonyl (C=O) groups excluding carboxylic acids is 1. The molecule has 0 aromatic heterocycles. The van der Waals surface area contributed by atoms with E-state index in [1.165, 1.54) is 18.4 Å². The SMILES string of the molecule is COc1ccccc1C1(CNC(=O)N2CC[C@H]3CC[C@@H](C2)N3C)CC1. The van der Waals surface area contributed by atoms with Crippen molar-refractivity contribution in [1.29, 1.82) is 0 Å². The second-order valence-corrected chi connectivity index (χ2v) is 7.92. The molecule has 0 unspecified atom stereocenters. The van der Waals surface area contributed by atoms with Crippen LogP contribution >= 0.6 is 0 Å². The molecule has 0 radical (unpaired) electrons. The maximum Gasteiger partial charge on any atom is 0.317 e. The molecule has 25 heavy (non-hydrogen) atoms. The summed E-state index contributed by atoms with van der Waals surface area (Å²) < 4.78 is 5.53. The lowest BCUT2D eigenvalue weighted by Crippen LogP contribution is -2.46. The quantitative estimate of drug-likeness (QED) is 0.914. The number of nitrogens with one attached hydrogen (secondary N) is 1. The molecule has 3 aliphatic rings. The molecule has 2 saturated heterocycles. The molecule has 1 aromatic rings. The highest BCUT2D eigenvalue weighted by atomic mass is 16.5. The van der Waals surface area contributed by atoms with E-state index in [2.05, 4.69) is 29.4 Å². The minimum atomic E-state index is 0.0594. The van der Waals surface area contributed by atoms with Crippen molar-refractivity contribution in [3.63, 3.8) is 0 Å². The van der Waals surface area contributed by atoms with E-state index < -0.39 is 0 Å². The Morgan fingerprint density at radius 1 is 1.24 bits per heavy atom. The molecule has 5 nitrogen and oxygen atoms in total. The van der Waals surface area contributed by atoms with Crippen molar-refractivity contribution >= 4 is 6.03 Å². The van der Waals surface area contributed by atoms with Gasteiger partial charge in [-0.3, -0.25) is 4.90 Å². The van der Waals surface area contributed by atoms with Crippen molar-refractivity contribution in [2.75, 3.05) is 33.8 Å². The summed E-state index contributed by atoms with van der Waals surface area (Å²) in [5.41, 5.74) is 1.29. The number of hydrogen-bond donors (Lipinski definition) is 1. The molecule has 1 N–H and O–H groups in total. The van der Waals surface area contributed by atoms with Gasteiger partial charge in [-0.15, -0.1) is 0 Å². The third-order valence-electron chi connectivity index (χ3n) is 6.55. The lowest BCUT2D eigenvalue weighted by molar-refractivity contribution is 0.187. The first kappa shape index (κ1) is 16.7. The van der Waals surface area contributed by atoms with Crippen LogP contribution in [0.2, 0.25) is 0 Å². The number of methoxy groups -OCH3 is 1. The summed E-state index contributed by atoms with van der Waals surface area (Å²) in [7, 11) is 3.93. The topological polar surface area (TPSA) is 44.8 Å². The van der Waals surface area contributed by atoms with E-state index in [0.29, 0.717) is 18.6 Å². The van der Waals surface area contributed by atoms with Gasteiger partial charge < -0.3 is 15.0 Å². The van der Waals surface area contributed by atoms with Crippen LogP contribution in [0.1, 0.15) is 37.7 Å². The van der Waals surface area contributed by atoms with Gasteiger partial charge >= 0.3 is 6.03 Å². The van der Waals surface area contributed by atoms with Crippen LogP contribution in [0.3, 0.4) is 0 Å². The largest absolute Gasteiger partial charge is 0.496 e. The second kappa shape index (κ2) is 6.52. The van der Waals surface area contributed by atoms with Crippen molar-refractivity contribution in [3.05, 3.63) is 29.8 Å². The number of likely N-dealkylation sites (N-methyl/N-ethyl adjacent to an activating group) is 1. The van der Waals surface area contributed by atoms with Gasteiger partial charge in [0.1, 0.15) is 5.75 Å². The van der Waals surface area contributed by atoms with Gasteiger partial charge in [-0.1, -0.05) is 18.2 Å². The number of benzene rings is 1. The van der Waals surface area contributed by atoms with Gasteiger partial charge in [-0.25, -0.2) is 4.79 Å². The Balaban J connectivity index is 1.39. The molecule has 3 fully saturated rings. The Kier molecular flexibility index (Phi) is 4.36. The zero-order valence-electron chi connectivity index (χ0n) is 15.3. The zero-order chi connectivity index (χ0) is 17.4. The predicted molar refractivity (Wildman–Crippen MR) is 98.1 cm³/mol.